The molecule has 3 N–H and O–H groups in total. The van der Waals surface area contributed by atoms with Gasteiger partial charge in [0.15, 0.2) is 6.61 Å². The highest BCUT2D eigenvalue weighted by Crippen LogP contribution is 2.19. The van der Waals surface area contributed by atoms with Crippen LogP contribution in [-0.2, 0) is 4.79 Å². The van der Waals surface area contributed by atoms with Crippen molar-refractivity contribution in [2.75, 3.05) is 24.3 Å². The lowest BCUT2D eigenvalue weighted by Gasteiger charge is -2.17. The van der Waals surface area contributed by atoms with Gasteiger partial charge in [-0.25, -0.2) is 0 Å². The first-order valence-corrected chi connectivity index (χ1v) is 6.10. The Morgan fingerprint density at radius 3 is 2.60 bits per heavy atom. The molecule has 0 aliphatic carbocycles. The monoisotopic (exact) mass is 272 g/mol. The minimum absolute atomic E-state index is 0.0872. The van der Waals surface area contributed by atoms with Gasteiger partial charge in [-0.3, -0.25) is 4.79 Å². The zero-order valence-electron chi connectivity index (χ0n) is 11.1. The number of amides is 1. The van der Waals surface area contributed by atoms with Crippen LogP contribution in [0.5, 0.6) is 11.5 Å². The summed E-state index contributed by atoms with van der Waals surface area (Å²) in [6, 6.07) is 13.3. The number of phenolic OH excluding ortho intramolecular Hbond substituents is 1. The number of hydrogen-bond donors (Lipinski definition) is 2. The van der Waals surface area contributed by atoms with E-state index in [1.165, 1.54) is 11.0 Å². The summed E-state index contributed by atoms with van der Waals surface area (Å²) in [6.45, 7) is -0.0872. The summed E-state index contributed by atoms with van der Waals surface area (Å²) in [5, 5.41) is 9.40. The summed E-state index contributed by atoms with van der Waals surface area (Å²) in [4.78, 5) is 13.4. The van der Waals surface area contributed by atoms with Crippen LogP contribution in [0.2, 0.25) is 0 Å². The van der Waals surface area contributed by atoms with Gasteiger partial charge in [-0.15, -0.1) is 0 Å². The molecule has 0 spiro atoms. The van der Waals surface area contributed by atoms with Gasteiger partial charge < -0.3 is 20.5 Å². The first-order chi connectivity index (χ1) is 9.56. The number of anilines is 2. The van der Waals surface area contributed by atoms with Crippen molar-refractivity contribution in [1.82, 2.24) is 0 Å². The number of nitrogens with two attached hydrogens (primary N) is 1. The highest BCUT2D eigenvalue weighted by molar-refractivity contribution is 5.94. The molecule has 0 radical (unpaired) electrons. The molecule has 0 aliphatic rings. The summed E-state index contributed by atoms with van der Waals surface area (Å²) in [6.07, 6.45) is 0. The van der Waals surface area contributed by atoms with Crippen LogP contribution in [0.1, 0.15) is 0 Å². The van der Waals surface area contributed by atoms with Gasteiger partial charge in [-0.05, 0) is 36.4 Å². The number of phenols is 1. The molecule has 0 saturated heterocycles. The topological polar surface area (TPSA) is 75.8 Å². The lowest BCUT2D eigenvalue weighted by molar-refractivity contribution is -0.120. The van der Waals surface area contributed by atoms with Gasteiger partial charge in [0.1, 0.15) is 11.5 Å². The van der Waals surface area contributed by atoms with Gasteiger partial charge in [0.2, 0.25) is 0 Å². The number of nitrogens with zero attached hydrogens (tertiary/aromatic N) is 1. The maximum absolute atomic E-state index is 12.0. The number of carbonyl (C=O) groups excluding carboxylic acids is 1. The number of carbonyl (C=O) groups is 1. The smallest absolute Gasteiger partial charge is 0.264 e. The quantitative estimate of drug-likeness (QED) is 0.835. The van der Waals surface area contributed by atoms with E-state index in [-0.39, 0.29) is 18.3 Å². The Morgan fingerprint density at radius 1 is 1.25 bits per heavy atom. The van der Waals surface area contributed by atoms with E-state index in [0.29, 0.717) is 17.1 Å². The van der Waals surface area contributed by atoms with Gasteiger partial charge in [0.05, 0.1) is 0 Å². The van der Waals surface area contributed by atoms with Crippen molar-refractivity contribution in [1.29, 1.82) is 0 Å². The molecule has 5 heteroatoms. The van der Waals surface area contributed by atoms with Crippen LogP contribution in [0, 0.1) is 0 Å². The lowest BCUT2D eigenvalue weighted by Crippen LogP contribution is -2.31. The zero-order chi connectivity index (χ0) is 14.5. The number of nitrogen functional groups attached to an aromatic ring is 1. The van der Waals surface area contributed by atoms with Crippen LogP contribution in [0.15, 0.2) is 48.5 Å². The van der Waals surface area contributed by atoms with Gasteiger partial charge in [0.25, 0.3) is 5.91 Å². The molecule has 0 heterocycles. The summed E-state index contributed by atoms with van der Waals surface area (Å²) < 4.78 is 5.39. The van der Waals surface area contributed by atoms with Crippen LogP contribution < -0.4 is 15.4 Å². The molecular weight excluding hydrogens is 256 g/mol. The molecule has 2 aromatic rings. The molecule has 20 heavy (non-hydrogen) atoms. The minimum atomic E-state index is -0.215. The summed E-state index contributed by atoms with van der Waals surface area (Å²) in [5.41, 5.74) is 6.81. The van der Waals surface area contributed by atoms with E-state index in [4.69, 9.17) is 10.5 Å². The number of aromatic hydroxyl groups is 1. The third-order valence-corrected chi connectivity index (χ3v) is 2.83. The zero-order valence-corrected chi connectivity index (χ0v) is 11.1. The predicted octanol–water partition coefficient (Wildman–Crippen LogP) is 2.02. The Labute approximate surface area is 117 Å². The Morgan fingerprint density at radius 2 is 1.95 bits per heavy atom. The number of likely N-dealkylation sites (N-methyl/N-ethyl adjacent to an activating group) is 1. The number of benzene rings is 2. The van der Waals surface area contributed by atoms with Crippen molar-refractivity contribution in [3.8, 4) is 11.5 Å². The molecule has 0 aliphatic heterocycles. The normalized spacial score (nSPS) is 10.1. The van der Waals surface area contributed by atoms with Crippen molar-refractivity contribution in [2.24, 2.45) is 0 Å². The average molecular weight is 272 g/mol. The second kappa shape index (κ2) is 5.97. The fourth-order valence-corrected chi connectivity index (χ4v) is 1.65. The van der Waals surface area contributed by atoms with Gasteiger partial charge in [-0.2, -0.15) is 0 Å². The van der Waals surface area contributed by atoms with Crippen LogP contribution >= 0.6 is 0 Å². The van der Waals surface area contributed by atoms with Gasteiger partial charge in [0, 0.05) is 24.5 Å². The maximum Gasteiger partial charge on any atom is 0.264 e. The van der Waals surface area contributed by atoms with Gasteiger partial charge in [-0.1, -0.05) is 6.07 Å². The molecule has 2 rings (SSSR count). The van der Waals surface area contributed by atoms with E-state index < -0.39 is 0 Å². The van der Waals surface area contributed by atoms with Crippen molar-refractivity contribution in [2.45, 2.75) is 0 Å². The number of ether oxygens (including phenoxy) is 1. The molecule has 0 bridgehead atoms. The maximum atomic E-state index is 12.0. The highest BCUT2D eigenvalue weighted by atomic mass is 16.5. The molecule has 0 aromatic heterocycles. The van der Waals surface area contributed by atoms with E-state index in [2.05, 4.69) is 0 Å². The van der Waals surface area contributed by atoms with Crippen LogP contribution in [0.3, 0.4) is 0 Å². The summed E-state index contributed by atoms with van der Waals surface area (Å²) >= 11 is 0. The standard InChI is InChI=1S/C15H16N2O3/c1-17(12-3-2-4-13(18)9-12)15(19)10-20-14-7-5-11(16)6-8-14/h2-9,18H,10,16H2,1H3. The van der Waals surface area contributed by atoms with Crippen LogP contribution in [0.25, 0.3) is 0 Å². The van der Waals surface area contributed by atoms with Crippen molar-refractivity contribution >= 4 is 17.3 Å². The Balaban J connectivity index is 1.96. The number of hydrogen-bond acceptors (Lipinski definition) is 4. The van der Waals surface area contributed by atoms with Crippen LogP contribution in [0.4, 0.5) is 11.4 Å². The molecule has 1 amide bonds. The first-order valence-electron chi connectivity index (χ1n) is 6.10. The molecule has 0 atom stereocenters. The molecular formula is C15H16N2O3. The SMILES string of the molecule is CN(C(=O)COc1ccc(N)cc1)c1cccc(O)c1. The fraction of sp³-hybridized carbons (Fsp3) is 0.133. The van der Waals surface area contributed by atoms with Crippen molar-refractivity contribution in [3.05, 3.63) is 48.5 Å². The van der Waals surface area contributed by atoms with E-state index >= 15 is 0 Å². The van der Waals surface area contributed by atoms with E-state index in [0.717, 1.165) is 0 Å². The molecule has 104 valence electrons. The lowest BCUT2D eigenvalue weighted by atomic mass is 10.3. The van der Waals surface area contributed by atoms with E-state index in [1.54, 1.807) is 49.5 Å². The summed E-state index contributed by atoms with van der Waals surface area (Å²) in [5.74, 6) is 0.478. The third-order valence-electron chi connectivity index (χ3n) is 2.83. The average Bonchev–Trinajstić information content (AvgIpc) is 2.45. The van der Waals surface area contributed by atoms with Gasteiger partial charge >= 0.3 is 0 Å². The Kier molecular flexibility index (Phi) is 4.10. The second-order valence-corrected chi connectivity index (χ2v) is 4.33. The molecule has 5 nitrogen and oxygen atoms in total. The second-order valence-electron chi connectivity index (χ2n) is 4.33. The van der Waals surface area contributed by atoms with Crippen molar-refractivity contribution in [3.63, 3.8) is 0 Å². The first kappa shape index (κ1) is 13.7. The van der Waals surface area contributed by atoms with Crippen molar-refractivity contribution < 1.29 is 14.6 Å². The van der Waals surface area contributed by atoms with E-state index in [1.807, 2.05) is 0 Å². The third kappa shape index (κ3) is 3.41. The minimum Gasteiger partial charge on any atom is -0.508 e. The Hall–Kier alpha value is -2.69. The predicted molar refractivity (Wildman–Crippen MR) is 77.9 cm³/mol. The summed E-state index contributed by atoms with van der Waals surface area (Å²) in [7, 11) is 1.63. The fourth-order valence-electron chi connectivity index (χ4n) is 1.65. The molecule has 0 fully saturated rings. The van der Waals surface area contributed by atoms with E-state index in [9.17, 15) is 9.90 Å². The molecule has 0 unspecified atom stereocenters. The number of rotatable bonds is 4. The molecule has 2 aromatic carbocycles. The largest absolute Gasteiger partial charge is 0.508 e. The Bertz CT molecular complexity index is 596. The highest BCUT2D eigenvalue weighted by Gasteiger charge is 2.12. The van der Waals surface area contributed by atoms with Crippen LogP contribution in [-0.4, -0.2) is 24.7 Å². The molecule has 0 saturated carbocycles.